The van der Waals surface area contributed by atoms with Gasteiger partial charge in [-0.15, -0.1) is 0 Å². The van der Waals surface area contributed by atoms with Crippen LogP contribution in [-0.2, 0) is 16.0 Å². The third-order valence-corrected chi connectivity index (χ3v) is 4.76. The van der Waals surface area contributed by atoms with Crippen molar-refractivity contribution in [2.75, 3.05) is 5.32 Å². The molecule has 3 aromatic rings. The van der Waals surface area contributed by atoms with Gasteiger partial charge in [-0.2, -0.15) is 4.98 Å². The van der Waals surface area contributed by atoms with Gasteiger partial charge in [-0.05, 0) is 55.3 Å². The molecule has 7 nitrogen and oxygen atoms in total. The van der Waals surface area contributed by atoms with E-state index in [-0.39, 0.29) is 23.7 Å². The molecule has 2 N–H and O–H groups in total. The van der Waals surface area contributed by atoms with E-state index in [0.29, 0.717) is 43.0 Å². The number of amides is 2. The maximum atomic E-state index is 13.0. The average Bonchev–Trinajstić information content (AvgIpc) is 3.23. The molecule has 2 amide bonds. The summed E-state index contributed by atoms with van der Waals surface area (Å²) in [5.74, 6) is 0.387. The molecule has 8 heteroatoms. The van der Waals surface area contributed by atoms with Crippen molar-refractivity contribution in [1.29, 1.82) is 0 Å². The molecule has 0 aliphatic carbocycles. The minimum atomic E-state index is -0.327. The largest absolute Gasteiger partial charge is 0.350 e. The predicted molar refractivity (Wildman–Crippen MR) is 115 cm³/mol. The van der Waals surface area contributed by atoms with Crippen LogP contribution in [-0.4, -0.2) is 22.0 Å². The normalized spacial score (nSPS) is 11.7. The molecule has 0 radical (unpaired) electrons. The Hall–Kier alpha value is -3.55. The molecule has 0 spiro atoms. The second kappa shape index (κ2) is 10.5. The molecule has 0 saturated heterocycles. The van der Waals surface area contributed by atoms with Gasteiger partial charge in [0.25, 0.3) is 0 Å². The maximum absolute atomic E-state index is 13.0. The van der Waals surface area contributed by atoms with Gasteiger partial charge in [0, 0.05) is 30.5 Å². The molecule has 1 atom stereocenters. The lowest BCUT2D eigenvalue weighted by Crippen LogP contribution is -2.26. The summed E-state index contributed by atoms with van der Waals surface area (Å²) in [7, 11) is 0. The van der Waals surface area contributed by atoms with Crippen molar-refractivity contribution in [1.82, 2.24) is 15.5 Å². The number of halogens is 1. The highest BCUT2D eigenvalue weighted by atomic mass is 19.1. The van der Waals surface area contributed by atoms with Gasteiger partial charge in [0.1, 0.15) is 5.82 Å². The molecular weight excluding hydrogens is 399 g/mol. The Bertz CT molecular complexity index is 1020. The molecule has 0 aliphatic rings. The Morgan fingerprint density at radius 2 is 1.77 bits per heavy atom. The summed E-state index contributed by atoms with van der Waals surface area (Å²) in [6.07, 6.45) is 1.78. The number of aromatic nitrogens is 2. The van der Waals surface area contributed by atoms with Gasteiger partial charge in [-0.25, -0.2) is 4.39 Å². The van der Waals surface area contributed by atoms with Gasteiger partial charge < -0.3 is 15.2 Å². The molecule has 0 fully saturated rings. The van der Waals surface area contributed by atoms with Gasteiger partial charge in [-0.1, -0.05) is 24.2 Å². The number of rotatable bonds is 9. The van der Waals surface area contributed by atoms with E-state index in [4.69, 9.17) is 4.52 Å². The Labute approximate surface area is 180 Å². The van der Waals surface area contributed by atoms with Crippen molar-refractivity contribution < 1.29 is 18.5 Å². The second-order valence-corrected chi connectivity index (χ2v) is 7.19. The van der Waals surface area contributed by atoms with Crippen LogP contribution in [0, 0.1) is 5.82 Å². The fourth-order valence-electron chi connectivity index (χ4n) is 2.97. The highest BCUT2D eigenvalue weighted by molar-refractivity contribution is 5.90. The number of carbonyl (C=O) groups excluding carboxylic acids is 2. The van der Waals surface area contributed by atoms with Gasteiger partial charge in [-0.3, -0.25) is 9.59 Å². The van der Waals surface area contributed by atoms with Crippen LogP contribution in [0.25, 0.3) is 11.4 Å². The van der Waals surface area contributed by atoms with Gasteiger partial charge >= 0.3 is 0 Å². The van der Waals surface area contributed by atoms with Crippen LogP contribution in [0.4, 0.5) is 10.1 Å². The molecule has 0 saturated carbocycles. The summed E-state index contributed by atoms with van der Waals surface area (Å²) < 4.78 is 18.2. The topological polar surface area (TPSA) is 97.1 Å². The molecule has 162 valence electrons. The van der Waals surface area contributed by atoms with Crippen LogP contribution in [0.5, 0.6) is 0 Å². The minimum absolute atomic E-state index is 0.0415. The number of hydrogen-bond acceptors (Lipinski definition) is 5. The van der Waals surface area contributed by atoms with E-state index in [0.717, 1.165) is 11.3 Å². The van der Waals surface area contributed by atoms with Crippen LogP contribution in [0.1, 0.15) is 50.6 Å². The number of nitrogens with one attached hydrogen (secondary N) is 2. The van der Waals surface area contributed by atoms with E-state index in [9.17, 15) is 14.0 Å². The number of hydrogen-bond donors (Lipinski definition) is 2. The van der Waals surface area contributed by atoms with Crippen molar-refractivity contribution >= 4 is 17.5 Å². The van der Waals surface area contributed by atoms with Gasteiger partial charge in [0.15, 0.2) is 0 Å². The second-order valence-electron chi connectivity index (χ2n) is 7.19. The summed E-state index contributed by atoms with van der Waals surface area (Å²) in [5.41, 5.74) is 2.35. The van der Waals surface area contributed by atoms with Gasteiger partial charge in [0.05, 0.1) is 6.04 Å². The zero-order valence-corrected chi connectivity index (χ0v) is 17.5. The van der Waals surface area contributed by atoms with E-state index in [2.05, 4.69) is 20.8 Å². The lowest BCUT2D eigenvalue weighted by molar-refractivity contribution is -0.121. The fraction of sp³-hybridized carbons (Fsp3) is 0.304. The van der Waals surface area contributed by atoms with Crippen LogP contribution in [0.15, 0.2) is 53.1 Å². The van der Waals surface area contributed by atoms with Crippen molar-refractivity contribution in [3.8, 4) is 11.4 Å². The van der Waals surface area contributed by atoms with Crippen molar-refractivity contribution in [3.05, 3.63) is 65.8 Å². The first-order valence-corrected chi connectivity index (χ1v) is 10.2. The summed E-state index contributed by atoms with van der Waals surface area (Å²) in [6, 6.07) is 13.1. The molecule has 0 aliphatic heterocycles. The lowest BCUT2D eigenvalue weighted by Gasteiger charge is -2.15. The third kappa shape index (κ3) is 6.47. The molecule has 1 aromatic heterocycles. The lowest BCUT2D eigenvalue weighted by atomic mass is 10.1. The highest BCUT2D eigenvalue weighted by Crippen LogP contribution is 2.18. The Balaban J connectivity index is 1.44. The molecule has 1 unspecified atom stereocenters. The first-order chi connectivity index (χ1) is 14.9. The zero-order valence-electron chi connectivity index (χ0n) is 17.5. The van der Waals surface area contributed by atoms with Crippen LogP contribution in [0.2, 0.25) is 0 Å². The molecule has 0 bridgehead atoms. The van der Waals surface area contributed by atoms with Crippen molar-refractivity contribution in [2.24, 2.45) is 0 Å². The zero-order chi connectivity index (χ0) is 22.2. The standard InChI is InChI=1S/C23H25FN4O3/c1-3-20(29)26-19-13-9-16(10-14-19)15(2)25-21(30)5-4-6-22-27-23(28-31-22)17-7-11-18(24)12-8-17/h7-15H,3-6H2,1-2H3,(H,25,30)(H,26,29). The molecule has 31 heavy (non-hydrogen) atoms. The number of anilines is 1. The predicted octanol–water partition coefficient (Wildman–Crippen LogP) is 4.42. The Morgan fingerprint density at radius 3 is 2.45 bits per heavy atom. The van der Waals surface area contributed by atoms with E-state index in [1.54, 1.807) is 19.1 Å². The number of benzene rings is 2. The molecule has 1 heterocycles. The number of nitrogens with zero attached hydrogens (tertiary/aromatic N) is 2. The molecular formula is C23H25FN4O3. The van der Waals surface area contributed by atoms with Crippen molar-refractivity contribution in [2.45, 2.75) is 45.6 Å². The number of aryl methyl sites for hydroxylation is 1. The smallest absolute Gasteiger partial charge is 0.226 e. The van der Waals surface area contributed by atoms with E-state index >= 15 is 0 Å². The molecule has 3 rings (SSSR count). The summed E-state index contributed by atoms with van der Waals surface area (Å²) in [6.45, 7) is 3.70. The SMILES string of the molecule is CCC(=O)Nc1ccc(C(C)NC(=O)CCCc2nc(-c3ccc(F)cc3)no2)cc1. The van der Waals surface area contributed by atoms with E-state index in [1.807, 2.05) is 31.2 Å². The maximum Gasteiger partial charge on any atom is 0.226 e. The Morgan fingerprint density at radius 1 is 1.06 bits per heavy atom. The first-order valence-electron chi connectivity index (χ1n) is 10.2. The monoisotopic (exact) mass is 424 g/mol. The van der Waals surface area contributed by atoms with Crippen LogP contribution >= 0.6 is 0 Å². The average molecular weight is 424 g/mol. The van der Waals surface area contributed by atoms with E-state index in [1.165, 1.54) is 12.1 Å². The summed E-state index contributed by atoms with van der Waals surface area (Å²) in [4.78, 5) is 28.0. The van der Waals surface area contributed by atoms with Gasteiger partial charge in [0.2, 0.25) is 23.5 Å². The highest BCUT2D eigenvalue weighted by Gasteiger charge is 2.12. The van der Waals surface area contributed by atoms with Crippen LogP contribution in [0.3, 0.4) is 0 Å². The summed E-state index contributed by atoms with van der Waals surface area (Å²) in [5, 5.41) is 9.65. The quantitative estimate of drug-likeness (QED) is 0.530. The number of carbonyl (C=O) groups is 2. The van der Waals surface area contributed by atoms with Crippen molar-refractivity contribution in [3.63, 3.8) is 0 Å². The third-order valence-electron chi connectivity index (χ3n) is 4.76. The summed E-state index contributed by atoms with van der Waals surface area (Å²) >= 11 is 0. The van der Waals surface area contributed by atoms with Crippen LogP contribution < -0.4 is 10.6 Å². The first kappa shape index (κ1) is 22.1. The minimum Gasteiger partial charge on any atom is -0.350 e. The fourth-order valence-corrected chi connectivity index (χ4v) is 2.97. The Kier molecular flexibility index (Phi) is 7.48. The van der Waals surface area contributed by atoms with E-state index < -0.39 is 0 Å². The molecule has 2 aromatic carbocycles.